The number of fused-ring (bicyclic) bond motifs is 1. The third-order valence-corrected chi connectivity index (χ3v) is 5.11. The average Bonchev–Trinajstić information content (AvgIpc) is 3.00. The topological polar surface area (TPSA) is 75.7 Å². The van der Waals surface area contributed by atoms with Crippen LogP contribution in [0.5, 0.6) is 5.75 Å². The lowest BCUT2D eigenvalue weighted by Gasteiger charge is -2.18. The van der Waals surface area contributed by atoms with Crippen LogP contribution in [0.25, 0.3) is 0 Å². The van der Waals surface area contributed by atoms with Gasteiger partial charge >= 0.3 is 0 Å². The highest BCUT2D eigenvalue weighted by Gasteiger charge is 2.35. The number of methoxy groups -OCH3 is 1. The molecule has 1 aliphatic rings. The van der Waals surface area contributed by atoms with Crippen LogP contribution in [0.15, 0.2) is 66.7 Å². The number of nitrogens with one attached hydrogen (secondary N) is 1. The Balaban J connectivity index is 1.63. The zero-order chi connectivity index (χ0) is 21.3. The summed E-state index contributed by atoms with van der Waals surface area (Å²) in [4.78, 5) is 39.4. The quantitative estimate of drug-likeness (QED) is 0.621. The predicted octanol–water partition coefficient (Wildman–Crippen LogP) is 4.40. The van der Waals surface area contributed by atoms with Gasteiger partial charge < -0.3 is 10.1 Å². The Bertz CT molecular complexity index is 1140. The van der Waals surface area contributed by atoms with Gasteiger partial charge in [-0.15, -0.1) is 0 Å². The molecule has 1 heterocycles. The first kappa shape index (κ1) is 19.7. The molecule has 0 aromatic heterocycles. The maximum Gasteiger partial charge on any atom is 0.261 e. The van der Waals surface area contributed by atoms with E-state index in [2.05, 4.69) is 5.32 Å². The average molecular weight is 421 g/mol. The third kappa shape index (κ3) is 3.53. The second kappa shape index (κ2) is 8.00. The normalized spacial score (nSPS) is 12.7. The molecule has 1 N–H and O–H groups in total. The van der Waals surface area contributed by atoms with E-state index in [-0.39, 0.29) is 24.3 Å². The third-order valence-electron chi connectivity index (χ3n) is 4.87. The van der Waals surface area contributed by atoms with Gasteiger partial charge in [0, 0.05) is 10.7 Å². The Labute approximate surface area is 178 Å². The van der Waals surface area contributed by atoms with E-state index in [9.17, 15) is 14.4 Å². The van der Waals surface area contributed by atoms with Crippen molar-refractivity contribution < 1.29 is 19.1 Å². The van der Waals surface area contributed by atoms with Gasteiger partial charge in [0.1, 0.15) is 5.75 Å². The Hall–Kier alpha value is -3.64. The van der Waals surface area contributed by atoms with Crippen LogP contribution < -0.4 is 10.1 Å². The first-order valence-electron chi connectivity index (χ1n) is 9.17. The summed E-state index contributed by atoms with van der Waals surface area (Å²) in [7, 11) is 1.49. The number of nitrogens with zero attached hydrogens (tertiary/aromatic N) is 1. The highest BCUT2D eigenvalue weighted by Crippen LogP contribution is 2.29. The summed E-state index contributed by atoms with van der Waals surface area (Å²) in [5.41, 5.74) is 2.09. The molecule has 0 unspecified atom stereocenters. The number of hydrogen-bond acceptors (Lipinski definition) is 4. The summed E-state index contributed by atoms with van der Waals surface area (Å²) >= 11 is 6.14. The molecular formula is C23H17ClN2O4. The van der Waals surface area contributed by atoms with Crippen molar-refractivity contribution in [1.82, 2.24) is 4.90 Å². The van der Waals surface area contributed by atoms with Crippen LogP contribution >= 0.6 is 11.6 Å². The van der Waals surface area contributed by atoms with E-state index in [0.29, 0.717) is 38.7 Å². The summed E-state index contributed by atoms with van der Waals surface area (Å²) in [6.07, 6.45) is 0. The lowest BCUT2D eigenvalue weighted by atomic mass is 10.1. The van der Waals surface area contributed by atoms with Crippen LogP contribution in [-0.2, 0) is 6.54 Å². The van der Waals surface area contributed by atoms with Crippen LogP contribution in [0.2, 0.25) is 5.02 Å². The SMILES string of the molecule is COc1ccccc1C(=O)Nc1ccc(Cl)cc1CN1C(=O)c2ccccc2C1=O. The molecule has 0 bridgehead atoms. The Morgan fingerprint density at radius 3 is 2.27 bits per heavy atom. The first-order chi connectivity index (χ1) is 14.5. The van der Waals surface area contributed by atoms with Crippen molar-refractivity contribution in [3.05, 3.63) is 94.0 Å². The van der Waals surface area contributed by atoms with Crippen molar-refractivity contribution >= 4 is 35.0 Å². The molecule has 0 saturated carbocycles. The monoisotopic (exact) mass is 420 g/mol. The second-order valence-corrected chi connectivity index (χ2v) is 7.13. The summed E-state index contributed by atoms with van der Waals surface area (Å²) in [6.45, 7) is -0.0194. The number of imide groups is 1. The first-order valence-corrected chi connectivity index (χ1v) is 9.55. The van der Waals surface area contributed by atoms with Crippen molar-refractivity contribution in [3.8, 4) is 5.75 Å². The van der Waals surface area contributed by atoms with Gasteiger partial charge in [0.05, 0.1) is 30.3 Å². The van der Waals surface area contributed by atoms with Gasteiger partial charge in [-0.05, 0) is 48.0 Å². The zero-order valence-corrected chi connectivity index (χ0v) is 16.8. The Morgan fingerprint density at radius 1 is 0.967 bits per heavy atom. The highest BCUT2D eigenvalue weighted by atomic mass is 35.5. The minimum atomic E-state index is -0.377. The number of rotatable bonds is 5. The molecule has 3 amide bonds. The zero-order valence-electron chi connectivity index (χ0n) is 16.0. The molecule has 0 aliphatic carbocycles. The number of amides is 3. The highest BCUT2D eigenvalue weighted by molar-refractivity contribution is 6.30. The second-order valence-electron chi connectivity index (χ2n) is 6.70. The van der Waals surface area contributed by atoms with Gasteiger partial charge in [0.25, 0.3) is 17.7 Å². The van der Waals surface area contributed by atoms with Crippen LogP contribution in [0.4, 0.5) is 5.69 Å². The Morgan fingerprint density at radius 2 is 1.60 bits per heavy atom. The summed E-state index contributed by atoms with van der Waals surface area (Å²) in [5, 5.41) is 3.25. The molecule has 6 nitrogen and oxygen atoms in total. The molecular weight excluding hydrogens is 404 g/mol. The number of ether oxygens (including phenoxy) is 1. The number of benzene rings is 3. The number of carbonyl (C=O) groups is 3. The summed E-state index contributed by atoms with van der Waals surface area (Å²) < 4.78 is 5.25. The molecule has 0 spiro atoms. The molecule has 150 valence electrons. The number of halogens is 1. The van der Waals surface area contributed by atoms with Crippen LogP contribution in [0.3, 0.4) is 0 Å². The van der Waals surface area contributed by atoms with E-state index in [4.69, 9.17) is 16.3 Å². The minimum absolute atomic E-state index is 0.0194. The van der Waals surface area contributed by atoms with E-state index in [0.717, 1.165) is 4.90 Å². The van der Waals surface area contributed by atoms with Crippen molar-refractivity contribution in [2.45, 2.75) is 6.54 Å². The van der Waals surface area contributed by atoms with E-state index in [1.54, 1.807) is 66.7 Å². The fraction of sp³-hybridized carbons (Fsp3) is 0.0870. The van der Waals surface area contributed by atoms with Gasteiger partial charge in [0.2, 0.25) is 0 Å². The van der Waals surface area contributed by atoms with Gasteiger partial charge in [-0.25, -0.2) is 0 Å². The van der Waals surface area contributed by atoms with Crippen molar-refractivity contribution in [2.75, 3.05) is 12.4 Å². The fourth-order valence-corrected chi connectivity index (χ4v) is 3.58. The van der Waals surface area contributed by atoms with Gasteiger partial charge in [0.15, 0.2) is 0 Å². The van der Waals surface area contributed by atoms with Gasteiger partial charge in [-0.1, -0.05) is 35.9 Å². The van der Waals surface area contributed by atoms with Crippen LogP contribution in [-0.4, -0.2) is 29.7 Å². The molecule has 3 aromatic rings. The van der Waals surface area contributed by atoms with E-state index in [1.165, 1.54) is 7.11 Å². The standard InChI is InChI=1S/C23H17ClN2O4/c1-30-20-9-5-4-8-18(20)21(27)25-19-11-10-15(24)12-14(19)13-26-22(28)16-6-2-3-7-17(16)23(26)29/h2-12H,13H2,1H3,(H,25,27). The lowest BCUT2D eigenvalue weighted by molar-refractivity contribution is 0.0642. The number of anilines is 1. The molecule has 0 fully saturated rings. The van der Waals surface area contributed by atoms with E-state index < -0.39 is 0 Å². The van der Waals surface area contributed by atoms with Gasteiger partial charge in [-0.3, -0.25) is 19.3 Å². The van der Waals surface area contributed by atoms with Crippen molar-refractivity contribution in [2.24, 2.45) is 0 Å². The van der Waals surface area contributed by atoms with Crippen LogP contribution in [0.1, 0.15) is 36.6 Å². The molecule has 4 rings (SSSR count). The predicted molar refractivity (Wildman–Crippen MR) is 113 cm³/mol. The molecule has 0 atom stereocenters. The van der Waals surface area contributed by atoms with E-state index >= 15 is 0 Å². The molecule has 3 aromatic carbocycles. The largest absolute Gasteiger partial charge is 0.496 e. The van der Waals surface area contributed by atoms with Crippen molar-refractivity contribution in [3.63, 3.8) is 0 Å². The maximum absolute atomic E-state index is 12.8. The summed E-state index contributed by atoms with van der Waals surface area (Å²) in [5.74, 6) is -0.695. The number of para-hydroxylation sites is 1. The van der Waals surface area contributed by atoms with E-state index in [1.807, 2.05) is 0 Å². The molecule has 30 heavy (non-hydrogen) atoms. The van der Waals surface area contributed by atoms with Gasteiger partial charge in [-0.2, -0.15) is 0 Å². The minimum Gasteiger partial charge on any atom is -0.496 e. The molecule has 1 aliphatic heterocycles. The molecule has 7 heteroatoms. The maximum atomic E-state index is 12.8. The number of carbonyl (C=O) groups excluding carboxylic acids is 3. The summed E-state index contributed by atoms with van der Waals surface area (Å²) in [6, 6.07) is 18.4. The van der Waals surface area contributed by atoms with Crippen LogP contribution in [0, 0.1) is 0 Å². The van der Waals surface area contributed by atoms with Crippen molar-refractivity contribution in [1.29, 1.82) is 0 Å². The molecule has 0 radical (unpaired) electrons. The Kier molecular flexibility index (Phi) is 5.25. The smallest absolute Gasteiger partial charge is 0.261 e. The fourth-order valence-electron chi connectivity index (χ4n) is 3.39. The molecule has 0 saturated heterocycles. The lowest BCUT2D eigenvalue weighted by Crippen LogP contribution is -2.29. The number of hydrogen-bond donors (Lipinski definition) is 1.